The van der Waals surface area contributed by atoms with Crippen LogP contribution >= 0.6 is 11.6 Å². The zero-order valence-electron chi connectivity index (χ0n) is 19.9. The summed E-state index contributed by atoms with van der Waals surface area (Å²) in [5.41, 5.74) is 9.57. The van der Waals surface area contributed by atoms with Gasteiger partial charge in [-0.15, -0.1) is 0 Å². The van der Waals surface area contributed by atoms with E-state index < -0.39 is 0 Å². The van der Waals surface area contributed by atoms with Crippen molar-refractivity contribution in [3.8, 4) is 0 Å². The third-order valence-corrected chi connectivity index (χ3v) is 9.51. The molecule has 5 aliphatic carbocycles. The molecule has 2 amide bonds. The van der Waals surface area contributed by atoms with Crippen LogP contribution in [0.2, 0.25) is 5.02 Å². The second-order valence-corrected chi connectivity index (χ2v) is 11.8. The number of halogens is 1. The number of hydrogen-bond donors (Lipinski definition) is 3. The Morgan fingerprint density at radius 2 is 1.86 bits per heavy atom. The Morgan fingerprint density at radius 3 is 2.60 bits per heavy atom. The van der Waals surface area contributed by atoms with Crippen LogP contribution < -0.4 is 16.4 Å². The van der Waals surface area contributed by atoms with E-state index in [0.717, 1.165) is 61.2 Å². The second-order valence-electron chi connectivity index (χ2n) is 11.4. The molecule has 6 nitrogen and oxygen atoms in total. The Balaban J connectivity index is 1.10. The predicted molar refractivity (Wildman–Crippen MR) is 136 cm³/mol. The molecule has 7 rings (SSSR count). The maximum atomic E-state index is 13.4. The largest absolute Gasteiger partial charge is 0.354 e. The smallest absolute Gasteiger partial charge is 0.230 e. The number of carbonyl (C=O) groups excluding carboxylic acids is 2. The van der Waals surface area contributed by atoms with Gasteiger partial charge in [-0.05, 0) is 104 Å². The van der Waals surface area contributed by atoms with Gasteiger partial charge < -0.3 is 16.4 Å². The number of fused-ring (bicyclic) bond motifs is 1. The minimum Gasteiger partial charge on any atom is -0.354 e. The predicted octanol–water partition coefficient (Wildman–Crippen LogP) is 4.29. The molecule has 7 heteroatoms. The summed E-state index contributed by atoms with van der Waals surface area (Å²) in [7, 11) is 0. The lowest BCUT2D eigenvalue weighted by Crippen LogP contribution is -2.60. The number of anilines is 1. The number of aromatic nitrogens is 1. The molecule has 4 unspecified atom stereocenters. The van der Waals surface area contributed by atoms with Gasteiger partial charge >= 0.3 is 0 Å². The summed E-state index contributed by atoms with van der Waals surface area (Å²) < 4.78 is 0. The molecule has 184 valence electrons. The maximum Gasteiger partial charge on any atom is 0.230 e. The minimum absolute atomic E-state index is 0.0681. The van der Waals surface area contributed by atoms with Gasteiger partial charge in [-0.2, -0.15) is 0 Å². The van der Waals surface area contributed by atoms with Crippen molar-refractivity contribution < 1.29 is 9.59 Å². The van der Waals surface area contributed by atoms with E-state index in [4.69, 9.17) is 17.3 Å². The fourth-order valence-corrected chi connectivity index (χ4v) is 8.27. The van der Waals surface area contributed by atoms with E-state index in [0.29, 0.717) is 30.2 Å². The van der Waals surface area contributed by atoms with Crippen LogP contribution in [0.4, 0.5) is 5.69 Å². The van der Waals surface area contributed by atoms with Gasteiger partial charge in [0.05, 0.1) is 11.3 Å². The molecule has 2 aromatic rings. The molecule has 0 aliphatic heterocycles. The number of pyridine rings is 1. The van der Waals surface area contributed by atoms with Crippen molar-refractivity contribution in [1.29, 1.82) is 0 Å². The maximum absolute atomic E-state index is 13.4. The number of carbonyl (C=O) groups is 2. The van der Waals surface area contributed by atoms with Gasteiger partial charge in [-0.3, -0.25) is 14.6 Å². The zero-order valence-corrected chi connectivity index (χ0v) is 20.6. The van der Waals surface area contributed by atoms with E-state index in [1.165, 1.54) is 5.56 Å². The van der Waals surface area contributed by atoms with Crippen LogP contribution in [-0.2, 0) is 16.0 Å². The van der Waals surface area contributed by atoms with Crippen LogP contribution in [0.5, 0.6) is 0 Å². The second kappa shape index (κ2) is 8.90. The summed E-state index contributed by atoms with van der Waals surface area (Å²) >= 11 is 6.12. The molecule has 0 spiro atoms. The van der Waals surface area contributed by atoms with E-state index in [1.54, 1.807) is 12.4 Å². The van der Waals surface area contributed by atoms with Crippen molar-refractivity contribution >= 4 is 29.1 Å². The van der Waals surface area contributed by atoms with Gasteiger partial charge in [0, 0.05) is 35.7 Å². The van der Waals surface area contributed by atoms with Crippen molar-refractivity contribution in [2.45, 2.75) is 56.9 Å². The normalized spacial score (nSPS) is 33.3. The quantitative estimate of drug-likeness (QED) is 0.560. The minimum atomic E-state index is -0.284. The van der Waals surface area contributed by atoms with Crippen molar-refractivity contribution in [2.75, 3.05) is 11.9 Å². The molecule has 4 saturated carbocycles. The SMILES string of the molecule is NC(CNC(=O)C1CCc2cc(Cl)ccc21)C1C2CC3CC1CC(C(=O)Nc1ccncc1)(C3)C2. The third kappa shape index (κ3) is 4.15. The Morgan fingerprint density at radius 1 is 1.11 bits per heavy atom. The zero-order chi connectivity index (χ0) is 24.2. The van der Waals surface area contributed by atoms with E-state index >= 15 is 0 Å². The summed E-state index contributed by atoms with van der Waals surface area (Å²) in [4.78, 5) is 30.5. The van der Waals surface area contributed by atoms with Gasteiger partial charge in [0.2, 0.25) is 11.8 Å². The van der Waals surface area contributed by atoms with Gasteiger partial charge in [-0.25, -0.2) is 0 Å². The van der Waals surface area contributed by atoms with E-state index in [2.05, 4.69) is 15.6 Å². The van der Waals surface area contributed by atoms with Crippen molar-refractivity contribution in [3.63, 3.8) is 0 Å². The Bertz CT molecular complexity index is 1120. The summed E-state index contributed by atoms with van der Waals surface area (Å²) in [6.45, 7) is 0.497. The number of nitrogens with zero attached hydrogens (tertiary/aromatic N) is 1. The van der Waals surface area contributed by atoms with E-state index in [-0.39, 0.29) is 29.2 Å². The van der Waals surface area contributed by atoms with Crippen LogP contribution in [0.25, 0.3) is 0 Å². The Hall–Kier alpha value is -2.44. The Labute approximate surface area is 211 Å². The van der Waals surface area contributed by atoms with Crippen molar-refractivity contribution in [2.24, 2.45) is 34.8 Å². The molecule has 1 aromatic carbocycles. The molecular formula is C28H33ClN4O2. The Kier molecular flexibility index (Phi) is 5.84. The van der Waals surface area contributed by atoms with Crippen LogP contribution in [0, 0.1) is 29.1 Å². The van der Waals surface area contributed by atoms with Crippen LogP contribution in [0.1, 0.15) is 55.6 Å². The molecule has 4 bridgehead atoms. The first kappa shape index (κ1) is 23.0. The molecular weight excluding hydrogens is 460 g/mol. The third-order valence-electron chi connectivity index (χ3n) is 9.27. The van der Waals surface area contributed by atoms with Crippen LogP contribution in [0.3, 0.4) is 0 Å². The van der Waals surface area contributed by atoms with E-state index in [9.17, 15) is 9.59 Å². The highest BCUT2D eigenvalue weighted by atomic mass is 35.5. The standard InChI is InChI=1S/C28H33ClN4O2/c29-20-2-4-22-17(11-20)1-3-23(22)26(34)32-15-24(30)25-18-9-16-10-19(25)14-28(12-16,13-18)27(35)33-21-5-7-31-8-6-21/h2,4-8,11,16,18-19,23-25H,1,3,9-10,12-15,30H2,(H,32,34)(H,31,33,35). The lowest BCUT2D eigenvalue weighted by atomic mass is 9.45. The van der Waals surface area contributed by atoms with Crippen molar-refractivity contribution in [3.05, 3.63) is 58.9 Å². The number of hydrogen-bond acceptors (Lipinski definition) is 4. The average molecular weight is 493 g/mol. The number of nitrogens with one attached hydrogen (secondary N) is 2. The van der Waals surface area contributed by atoms with Gasteiger partial charge in [0.15, 0.2) is 0 Å². The lowest BCUT2D eigenvalue weighted by molar-refractivity contribution is -0.149. The lowest BCUT2D eigenvalue weighted by Gasteiger charge is -2.60. The summed E-state index contributed by atoms with van der Waals surface area (Å²) in [5, 5.41) is 7.05. The van der Waals surface area contributed by atoms with Crippen LogP contribution in [0.15, 0.2) is 42.7 Å². The fourth-order valence-electron chi connectivity index (χ4n) is 8.08. The average Bonchev–Trinajstić information content (AvgIpc) is 3.25. The number of aryl methyl sites for hydroxylation is 1. The molecule has 0 radical (unpaired) electrons. The highest BCUT2D eigenvalue weighted by Gasteiger charge is 2.59. The monoisotopic (exact) mass is 492 g/mol. The number of amides is 2. The highest BCUT2D eigenvalue weighted by Crippen LogP contribution is 2.63. The number of rotatable bonds is 6. The molecule has 1 heterocycles. The topological polar surface area (TPSA) is 97.1 Å². The molecule has 4 atom stereocenters. The summed E-state index contributed by atoms with van der Waals surface area (Å²) in [6, 6.07) is 9.44. The highest BCUT2D eigenvalue weighted by molar-refractivity contribution is 6.30. The molecule has 5 aliphatic rings. The van der Waals surface area contributed by atoms with Gasteiger partial charge in [0.25, 0.3) is 0 Å². The first-order valence-electron chi connectivity index (χ1n) is 12.9. The molecule has 4 fully saturated rings. The summed E-state index contributed by atoms with van der Waals surface area (Å²) in [6.07, 6.45) is 10.2. The summed E-state index contributed by atoms with van der Waals surface area (Å²) in [5.74, 6) is 1.98. The molecule has 1 aromatic heterocycles. The first-order chi connectivity index (χ1) is 16.9. The molecule has 35 heavy (non-hydrogen) atoms. The van der Waals surface area contributed by atoms with Gasteiger partial charge in [-0.1, -0.05) is 17.7 Å². The van der Waals surface area contributed by atoms with Crippen LogP contribution in [-0.4, -0.2) is 29.4 Å². The fraction of sp³-hybridized carbons (Fsp3) is 0.536. The number of benzene rings is 1. The van der Waals surface area contributed by atoms with Crippen molar-refractivity contribution in [1.82, 2.24) is 10.3 Å². The molecule has 0 saturated heterocycles. The van der Waals surface area contributed by atoms with E-state index in [1.807, 2.05) is 30.3 Å². The first-order valence-corrected chi connectivity index (χ1v) is 13.3. The number of nitrogens with two attached hydrogens (primary N) is 1. The van der Waals surface area contributed by atoms with Gasteiger partial charge in [0.1, 0.15) is 0 Å². The molecule has 4 N–H and O–H groups in total.